The molecule has 1 rings (SSSR count). The summed E-state index contributed by atoms with van der Waals surface area (Å²) >= 11 is 3.30. The molecular weight excluding hydrogens is 348 g/mol. The van der Waals surface area contributed by atoms with E-state index < -0.39 is 20.9 Å². The molecule has 1 unspecified atom stereocenters. The Balaban J connectivity index is 2.89. The number of carbonyl (C=O) groups is 1. The fraction of sp³-hybridized carbons (Fsp3) is 0.462. The Morgan fingerprint density at radius 1 is 1.35 bits per heavy atom. The van der Waals surface area contributed by atoms with Gasteiger partial charge in [0.15, 0.2) is 15.6 Å². The van der Waals surface area contributed by atoms with Crippen LogP contribution in [-0.4, -0.2) is 46.0 Å². The van der Waals surface area contributed by atoms with Gasteiger partial charge in [0.2, 0.25) is 0 Å². The van der Waals surface area contributed by atoms with Crippen LogP contribution in [0.25, 0.3) is 0 Å². The topological polar surface area (TPSA) is 69.7 Å². The summed E-state index contributed by atoms with van der Waals surface area (Å²) in [6.45, 7) is 2.23. The quantitative estimate of drug-likeness (QED) is 0.547. The van der Waals surface area contributed by atoms with E-state index in [-0.39, 0.29) is 0 Å². The highest BCUT2D eigenvalue weighted by Crippen LogP contribution is 2.27. The van der Waals surface area contributed by atoms with Crippen LogP contribution in [0.1, 0.15) is 17.3 Å². The number of hydrogen-bond acceptors (Lipinski definition) is 5. The maximum Gasteiger partial charge on any atom is 0.180 e. The molecular formula is C13H17BrO5S. The molecule has 0 heterocycles. The average molecular weight is 365 g/mol. The third kappa shape index (κ3) is 4.57. The molecule has 0 N–H and O–H groups in total. The van der Waals surface area contributed by atoms with Crippen LogP contribution < -0.4 is 4.74 Å². The van der Waals surface area contributed by atoms with Crippen molar-refractivity contribution >= 4 is 31.6 Å². The summed E-state index contributed by atoms with van der Waals surface area (Å²) in [5.41, 5.74) is 0.328. The van der Waals surface area contributed by atoms with Crippen molar-refractivity contribution in [3.8, 4) is 5.75 Å². The van der Waals surface area contributed by atoms with Gasteiger partial charge in [-0.15, -0.1) is 0 Å². The molecule has 0 amide bonds. The largest absolute Gasteiger partial charge is 0.490 e. The van der Waals surface area contributed by atoms with Crippen molar-refractivity contribution in [2.75, 3.05) is 26.6 Å². The molecule has 0 aliphatic heterocycles. The smallest absolute Gasteiger partial charge is 0.180 e. The molecule has 5 nitrogen and oxygen atoms in total. The Labute approximate surface area is 127 Å². The lowest BCUT2D eigenvalue weighted by Crippen LogP contribution is -2.26. The number of methoxy groups -OCH3 is 1. The maximum absolute atomic E-state index is 12.1. The molecule has 1 atom stereocenters. The SMILES string of the molecule is COCCOc1ccc(C(=O)C(C)S(C)(=O)=O)cc1Br. The first-order chi connectivity index (χ1) is 9.27. The zero-order valence-electron chi connectivity index (χ0n) is 11.6. The van der Waals surface area contributed by atoms with Gasteiger partial charge in [0.1, 0.15) is 17.6 Å². The highest BCUT2D eigenvalue weighted by molar-refractivity contribution is 9.10. The minimum atomic E-state index is -3.40. The van der Waals surface area contributed by atoms with Crippen LogP contribution >= 0.6 is 15.9 Å². The van der Waals surface area contributed by atoms with Gasteiger partial charge < -0.3 is 9.47 Å². The molecule has 0 fully saturated rings. The molecule has 0 saturated carbocycles. The van der Waals surface area contributed by atoms with E-state index in [1.54, 1.807) is 25.3 Å². The Kier molecular flexibility index (Phi) is 6.16. The number of hydrogen-bond donors (Lipinski definition) is 0. The summed E-state index contributed by atoms with van der Waals surface area (Å²) in [5, 5.41) is -1.06. The summed E-state index contributed by atoms with van der Waals surface area (Å²) in [6, 6.07) is 4.74. The lowest BCUT2D eigenvalue weighted by atomic mass is 10.1. The van der Waals surface area contributed by atoms with Crippen LogP contribution in [0.4, 0.5) is 0 Å². The molecule has 0 aliphatic rings. The van der Waals surface area contributed by atoms with E-state index in [2.05, 4.69) is 15.9 Å². The Morgan fingerprint density at radius 2 is 2.00 bits per heavy atom. The zero-order valence-corrected chi connectivity index (χ0v) is 14.0. The Hall–Kier alpha value is -0.920. The molecule has 0 saturated heterocycles. The summed E-state index contributed by atoms with van der Waals surface area (Å²) in [4.78, 5) is 12.1. The van der Waals surface area contributed by atoms with Gasteiger partial charge in [0.25, 0.3) is 0 Å². The van der Waals surface area contributed by atoms with Crippen LogP contribution in [0.15, 0.2) is 22.7 Å². The predicted octanol–water partition coefficient (Wildman–Crippen LogP) is 2.09. The molecule has 20 heavy (non-hydrogen) atoms. The Bertz CT molecular complexity index is 582. The first-order valence-corrected chi connectivity index (χ1v) is 8.66. The van der Waals surface area contributed by atoms with E-state index in [4.69, 9.17) is 9.47 Å². The maximum atomic E-state index is 12.1. The van der Waals surface area contributed by atoms with Crippen LogP contribution in [-0.2, 0) is 14.6 Å². The molecule has 0 aromatic heterocycles. The number of benzene rings is 1. The van der Waals surface area contributed by atoms with E-state index in [0.717, 1.165) is 6.26 Å². The zero-order chi connectivity index (χ0) is 15.3. The van der Waals surface area contributed by atoms with Crippen LogP contribution in [0, 0.1) is 0 Å². The fourth-order valence-electron chi connectivity index (χ4n) is 1.44. The second-order valence-electron chi connectivity index (χ2n) is 4.32. The molecule has 0 aliphatic carbocycles. The van der Waals surface area contributed by atoms with E-state index >= 15 is 0 Å². The van der Waals surface area contributed by atoms with Gasteiger partial charge in [-0.1, -0.05) is 0 Å². The number of rotatable bonds is 7. The molecule has 1 aromatic carbocycles. The van der Waals surface area contributed by atoms with Crippen molar-refractivity contribution in [3.05, 3.63) is 28.2 Å². The summed E-state index contributed by atoms with van der Waals surface area (Å²) < 4.78 is 33.7. The first-order valence-electron chi connectivity index (χ1n) is 5.91. The van der Waals surface area contributed by atoms with Crippen LogP contribution in [0.5, 0.6) is 5.75 Å². The van der Waals surface area contributed by atoms with E-state index in [1.165, 1.54) is 6.92 Å². The molecule has 112 valence electrons. The van der Waals surface area contributed by atoms with Crippen molar-refractivity contribution in [2.45, 2.75) is 12.2 Å². The minimum absolute atomic E-state index is 0.328. The molecule has 0 radical (unpaired) electrons. The van der Waals surface area contributed by atoms with Gasteiger partial charge >= 0.3 is 0 Å². The van der Waals surface area contributed by atoms with Gasteiger partial charge in [-0.3, -0.25) is 4.79 Å². The van der Waals surface area contributed by atoms with Gasteiger partial charge in [0.05, 0.1) is 11.1 Å². The van der Waals surface area contributed by atoms with E-state index in [1.807, 2.05) is 0 Å². The van der Waals surface area contributed by atoms with Crippen molar-refractivity contribution in [1.82, 2.24) is 0 Å². The van der Waals surface area contributed by atoms with E-state index in [9.17, 15) is 13.2 Å². The number of carbonyl (C=O) groups excluding carboxylic acids is 1. The predicted molar refractivity (Wildman–Crippen MR) is 80.1 cm³/mol. The normalized spacial score (nSPS) is 13.0. The average Bonchev–Trinajstić information content (AvgIpc) is 2.38. The summed E-state index contributed by atoms with van der Waals surface area (Å²) in [7, 11) is -1.83. The molecule has 1 aromatic rings. The fourth-order valence-corrected chi connectivity index (χ4v) is 2.45. The van der Waals surface area contributed by atoms with Crippen molar-refractivity contribution in [2.24, 2.45) is 0 Å². The van der Waals surface area contributed by atoms with Crippen LogP contribution in [0.3, 0.4) is 0 Å². The van der Waals surface area contributed by atoms with Crippen molar-refractivity contribution in [1.29, 1.82) is 0 Å². The van der Waals surface area contributed by atoms with Crippen LogP contribution in [0.2, 0.25) is 0 Å². The van der Waals surface area contributed by atoms with Gasteiger partial charge in [-0.05, 0) is 41.1 Å². The summed E-state index contributed by atoms with van der Waals surface area (Å²) in [6.07, 6.45) is 1.05. The number of ketones is 1. The highest BCUT2D eigenvalue weighted by atomic mass is 79.9. The van der Waals surface area contributed by atoms with Gasteiger partial charge in [0, 0.05) is 18.9 Å². The summed E-state index contributed by atoms with van der Waals surface area (Å²) in [5.74, 6) is 0.141. The number of ether oxygens (including phenoxy) is 2. The van der Waals surface area contributed by atoms with Crippen molar-refractivity contribution in [3.63, 3.8) is 0 Å². The Morgan fingerprint density at radius 3 is 2.50 bits per heavy atom. The number of sulfone groups is 1. The first kappa shape index (κ1) is 17.1. The minimum Gasteiger partial charge on any atom is -0.490 e. The number of halogens is 1. The number of Topliss-reactive ketones (excluding diaryl/α,β-unsaturated/α-hetero) is 1. The third-order valence-electron chi connectivity index (χ3n) is 2.77. The molecule has 0 bridgehead atoms. The second-order valence-corrected chi connectivity index (χ2v) is 7.54. The lowest BCUT2D eigenvalue weighted by molar-refractivity contribution is 0.0991. The third-order valence-corrected chi connectivity index (χ3v) is 4.89. The molecule has 7 heteroatoms. The second kappa shape index (κ2) is 7.19. The van der Waals surface area contributed by atoms with Crippen molar-refractivity contribution < 1.29 is 22.7 Å². The lowest BCUT2D eigenvalue weighted by Gasteiger charge is -2.11. The standard InChI is InChI=1S/C13H17BrO5S/c1-9(20(3,16)17)13(15)10-4-5-12(11(14)8-10)19-7-6-18-2/h4-5,8-9H,6-7H2,1-3H3. The van der Waals surface area contributed by atoms with Gasteiger partial charge in [-0.2, -0.15) is 0 Å². The van der Waals surface area contributed by atoms with E-state index in [0.29, 0.717) is 29.0 Å². The molecule has 0 spiro atoms. The van der Waals surface area contributed by atoms with Gasteiger partial charge in [-0.25, -0.2) is 8.42 Å². The highest BCUT2D eigenvalue weighted by Gasteiger charge is 2.25. The monoisotopic (exact) mass is 364 g/mol.